The highest BCUT2D eigenvalue weighted by molar-refractivity contribution is 7.91. The van der Waals surface area contributed by atoms with Crippen LogP contribution in [-0.2, 0) is 14.6 Å². The molecular formula is C23H32N4O5S. The molecule has 0 aliphatic carbocycles. The average molecular weight is 477 g/mol. The molecule has 4 rings (SSSR count). The lowest BCUT2D eigenvalue weighted by molar-refractivity contribution is -0.0415. The van der Waals surface area contributed by atoms with Crippen LogP contribution < -0.4 is 0 Å². The maximum atomic E-state index is 12.8. The predicted molar refractivity (Wildman–Crippen MR) is 122 cm³/mol. The van der Waals surface area contributed by atoms with Gasteiger partial charge < -0.3 is 14.7 Å². The molecule has 2 bridgehead atoms. The molecule has 3 aliphatic heterocycles. The molecule has 1 aromatic carbocycles. The van der Waals surface area contributed by atoms with Gasteiger partial charge in [0.05, 0.1) is 41.5 Å². The van der Waals surface area contributed by atoms with Crippen LogP contribution in [0.4, 0.5) is 4.79 Å². The number of ether oxygens (including phenoxy) is 1. The molecule has 0 radical (unpaired) electrons. The third kappa shape index (κ3) is 5.01. The summed E-state index contributed by atoms with van der Waals surface area (Å²) in [5.74, 6) is 0.0289. The van der Waals surface area contributed by atoms with Crippen molar-refractivity contribution >= 4 is 15.9 Å². The first-order valence-electron chi connectivity index (χ1n) is 11.6. The number of carboxylic acid groups (broad SMARTS) is 1. The van der Waals surface area contributed by atoms with Crippen molar-refractivity contribution in [3.63, 3.8) is 0 Å². The smallest absolute Gasteiger partial charge is 0.407 e. The van der Waals surface area contributed by atoms with Crippen LogP contribution in [0.2, 0.25) is 0 Å². The number of amides is 1. The Morgan fingerprint density at radius 3 is 2.58 bits per heavy atom. The van der Waals surface area contributed by atoms with Gasteiger partial charge in [-0.25, -0.2) is 13.2 Å². The van der Waals surface area contributed by atoms with Gasteiger partial charge in [0.1, 0.15) is 0 Å². The number of carbonyl (C=O) groups is 1. The SMILES string of the molecule is CC(C1C2CCC(CN1C(=O)O)N2CCCS(=O)(=O)c1ccc(C#N)cc1)N1CCOCC1. The molecule has 1 amide bonds. The molecule has 4 atom stereocenters. The van der Waals surface area contributed by atoms with E-state index < -0.39 is 15.9 Å². The fourth-order valence-corrected chi connectivity index (χ4v) is 7.01. The first kappa shape index (κ1) is 24.0. The second kappa shape index (κ2) is 9.97. The minimum atomic E-state index is -3.43. The van der Waals surface area contributed by atoms with Crippen molar-refractivity contribution in [2.24, 2.45) is 0 Å². The number of likely N-dealkylation sites (tertiary alicyclic amines) is 1. The summed E-state index contributed by atoms with van der Waals surface area (Å²) in [6, 6.07) is 8.18. The third-order valence-corrected chi connectivity index (χ3v) is 9.20. The van der Waals surface area contributed by atoms with Crippen LogP contribution in [-0.4, -0.2) is 104 Å². The molecule has 10 heteroatoms. The topological polar surface area (TPSA) is 114 Å². The summed E-state index contributed by atoms with van der Waals surface area (Å²) in [7, 11) is -3.43. The Bertz CT molecular complexity index is 987. The Balaban J connectivity index is 1.43. The summed E-state index contributed by atoms with van der Waals surface area (Å²) in [5.41, 5.74) is 0.433. The molecule has 3 aliphatic rings. The molecule has 0 saturated carbocycles. The summed E-state index contributed by atoms with van der Waals surface area (Å²) in [5, 5.41) is 18.8. The Morgan fingerprint density at radius 1 is 1.24 bits per heavy atom. The molecule has 0 aromatic heterocycles. The lowest BCUT2D eigenvalue weighted by Gasteiger charge is -2.50. The van der Waals surface area contributed by atoms with Crippen LogP contribution in [0, 0.1) is 11.3 Å². The minimum Gasteiger partial charge on any atom is -0.465 e. The molecule has 1 N–H and O–H groups in total. The molecule has 3 fully saturated rings. The molecule has 1 aromatic rings. The lowest BCUT2D eigenvalue weighted by Crippen LogP contribution is -2.67. The number of morpholine rings is 1. The Kier molecular flexibility index (Phi) is 7.24. The van der Waals surface area contributed by atoms with E-state index in [-0.39, 0.29) is 34.8 Å². The van der Waals surface area contributed by atoms with Gasteiger partial charge in [0.15, 0.2) is 9.84 Å². The third-order valence-electron chi connectivity index (χ3n) is 7.39. The van der Waals surface area contributed by atoms with Gasteiger partial charge >= 0.3 is 6.09 Å². The zero-order chi connectivity index (χ0) is 23.6. The number of sulfone groups is 1. The van der Waals surface area contributed by atoms with Crippen LogP contribution in [0.5, 0.6) is 0 Å². The van der Waals surface area contributed by atoms with Crippen molar-refractivity contribution in [1.82, 2.24) is 14.7 Å². The average Bonchev–Trinajstić information content (AvgIpc) is 3.09. The van der Waals surface area contributed by atoms with Crippen molar-refractivity contribution < 1.29 is 23.1 Å². The number of nitriles is 1. The van der Waals surface area contributed by atoms with Crippen molar-refractivity contribution in [1.29, 1.82) is 5.26 Å². The molecule has 3 saturated heterocycles. The zero-order valence-electron chi connectivity index (χ0n) is 19.0. The van der Waals surface area contributed by atoms with E-state index in [2.05, 4.69) is 16.7 Å². The number of hydrogen-bond acceptors (Lipinski definition) is 7. The second-order valence-corrected chi connectivity index (χ2v) is 11.3. The van der Waals surface area contributed by atoms with Gasteiger partial charge in [-0.3, -0.25) is 9.80 Å². The fraction of sp³-hybridized carbons (Fsp3) is 0.652. The normalized spacial score (nSPS) is 27.3. The first-order valence-corrected chi connectivity index (χ1v) is 13.3. The van der Waals surface area contributed by atoms with Gasteiger partial charge in [0.2, 0.25) is 0 Å². The summed E-state index contributed by atoms with van der Waals surface area (Å²) < 4.78 is 31.0. The minimum absolute atomic E-state index is 0.0289. The number of benzene rings is 1. The van der Waals surface area contributed by atoms with Crippen LogP contribution in [0.15, 0.2) is 29.2 Å². The Labute approximate surface area is 195 Å². The van der Waals surface area contributed by atoms with Crippen molar-refractivity contribution in [3.8, 4) is 6.07 Å². The van der Waals surface area contributed by atoms with E-state index in [1.54, 1.807) is 4.90 Å². The van der Waals surface area contributed by atoms with E-state index >= 15 is 0 Å². The highest BCUT2D eigenvalue weighted by Crippen LogP contribution is 2.37. The van der Waals surface area contributed by atoms with Crippen LogP contribution in [0.25, 0.3) is 0 Å². The van der Waals surface area contributed by atoms with Crippen molar-refractivity contribution in [2.45, 2.75) is 55.2 Å². The van der Waals surface area contributed by atoms with E-state index in [1.165, 1.54) is 24.3 Å². The summed E-state index contributed by atoms with van der Waals surface area (Å²) in [6.45, 7) is 6.12. The van der Waals surface area contributed by atoms with Crippen molar-refractivity contribution in [3.05, 3.63) is 29.8 Å². The van der Waals surface area contributed by atoms with Crippen LogP contribution >= 0.6 is 0 Å². The molecule has 3 heterocycles. The van der Waals surface area contributed by atoms with Gasteiger partial charge in [-0.05, 0) is 57.0 Å². The Morgan fingerprint density at radius 2 is 1.94 bits per heavy atom. The molecular weight excluding hydrogens is 444 g/mol. The zero-order valence-corrected chi connectivity index (χ0v) is 19.8. The summed E-state index contributed by atoms with van der Waals surface area (Å²) in [6.07, 6.45) is 1.47. The lowest BCUT2D eigenvalue weighted by atomic mass is 9.94. The maximum Gasteiger partial charge on any atom is 0.407 e. The second-order valence-electron chi connectivity index (χ2n) is 9.16. The van der Waals surface area contributed by atoms with E-state index in [4.69, 9.17) is 10.00 Å². The van der Waals surface area contributed by atoms with E-state index in [0.717, 1.165) is 25.9 Å². The van der Waals surface area contributed by atoms with Gasteiger partial charge in [-0.15, -0.1) is 0 Å². The molecule has 0 spiro atoms. The van der Waals surface area contributed by atoms with E-state index in [1.807, 2.05) is 6.07 Å². The summed E-state index contributed by atoms with van der Waals surface area (Å²) in [4.78, 5) is 18.6. The standard InChI is InChI=1S/C23H32N4O5S/c1-17(25-10-12-32-13-11-25)22-21-8-5-19(16-27(22)23(28)29)26(21)9-2-14-33(30,31)20-6-3-18(15-24)4-7-20/h3-4,6-7,17,19,21-22H,2,5,8-14,16H2,1H3,(H,28,29). The largest absolute Gasteiger partial charge is 0.465 e. The van der Waals surface area contributed by atoms with Crippen LogP contribution in [0.1, 0.15) is 31.7 Å². The monoisotopic (exact) mass is 476 g/mol. The summed E-state index contributed by atoms with van der Waals surface area (Å²) >= 11 is 0. The maximum absolute atomic E-state index is 12.8. The highest BCUT2D eigenvalue weighted by atomic mass is 32.2. The van der Waals surface area contributed by atoms with Gasteiger partial charge in [-0.2, -0.15) is 5.26 Å². The van der Waals surface area contributed by atoms with Gasteiger partial charge in [0.25, 0.3) is 0 Å². The number of nitrogens with zero attached hydrogens (tertiary/aromatic N) is 4. The number of fused-ring (bicyclic) bond motifs is 2. The molecule has 180 valence electrons. The molecule has 33 heavy (non-hydrogen) atoms. The predicted octanol–water partition coefficient (Wildman–Crippen LogP) is 1.64. The number of piperazine rings is 1. The van der Waals surface area contributed by atoms with E-state index in [0.29, 0.717) is 38.3 Å². The highest BCUT2D eigenvalue weighted by Gasteiger charge is 2.50. The molecule has 4 unspecified atom stereocenters. The molecule has 9 nitrogen and oxygen atoms in total. The first-order chi connectivity index (χ1) is 15.8. The quantitative estimate of drug-likeness (QED) is 0.632. The number of rotatable bonds is 7. The number of hydrogen-bond donors (Lipinski definition) is 1. The van der Waals surface area contributed by atoms with Gasteiger partial charge in [-0.1, -0.05) is 0 Å². The Hall–Kier alpha value is -2.19. The van der Waals surface area contributed by atoms with Crippen LogP contribution in [0.3, 0.4) is 0 Å². The van der Waals surface area contributed by atoms with Gasteiger partial charge in [0, 0.05) is 37.8 Å². The fourth-order valence-electron chi connectivity index (χ4n) is 5.71. The van der Waals surface area contributed by atoms with E-state index in [9.17, 15) is 18.3 Å². The van der Waals surface area contributed by atoms with Crippen molar-refractivity contribution in [2.75, 3.05) is 45.1 Å².